The Labute approximate surface area is 121 Å². The quantitative estimate of drug-likeness (QED) is 0.853. The molecule has 0 aliphatic heterocycles. The highest BCUT2D eigenvalue weighted by atomic mass is 19.1. The van der Waals surface area contributed by atoms with Crippen LogP contribution < -0.4 is 5.32 Å². The predicted molar refractivity (Wildman–Crippen MR) is 74.9 cm³/mol. The molecule has 0 radical (unpaired) electrons. The molecular formula is C15H17FN2O3. The first-order chi connectivity index (χ1) is 10.0. The van der Waals surface area contributed by atoms with Crippen molar-refractivity contribution in [3.05, 3.63) is 42.2 Å². The van der Waals surface area contributed by atoms with E-state index in [9.17, 15) is 9.18 Å². The van der Waals surface area contributed by atoms with Crippen molar-refractivity contribution in [3.63, 3.8) is 0 Å². The first-order valence-corrected chi connectivity index (χ1v) is 6.70. The van der Waals surface area contributed by atoms with Gasteiger partial charge in [-0.1, -0.05) is 0 Å². The van der Waals surface area contributed by atoms with E-state index < -0.39 is 6.10 Å². The molecule has 5 nitrogen and oxygen atoms in total. The molecule has 112 valence electrons. The third-order valence-corrected chi connectivity index (χ3v) is 2.84. The number of carbonyl (C=O) groups excluding carboxylic acids is 1. The van der Waals surface area contributed by atoms with Crippen LogP contribution in [0.3, 0.4) is 0 Å². The molecule has 6 heteroatoms. The molecule has 1 heterocycles. The zero-order valence-electron chi connectivity index (χ0n) is 11.7. The first kappa shape index (κ1) is 15.2. The second kappa shape index (κ2) is 6.99. The van der Waals surface area contributed by atoms with E-state index in [1.807, 2.05) is 0 Å². The van der Waals surface area contributed by atoms with Crippen molar-refractivity contribution in [1.82, 2.24) is 10.3 Å². The number of hydrogen-bond donors (Lipinski definition) is 2. The number of benzene rings is 1. The van der Waals surface area contributed by atoms with Gasteiger partial charge in [-0.3, -0.25) is 4.79 Å². The van der Waals surface area contributed by atoms with Gasteiger partial charge in [0, 0.05) is 24.9 Å². The lowest BCUT2D eigenvalue weighted by atomic mass is 10.2. The lowest BCUT2D eigenvalue weighted by Gasteiger charge is -2.05. The van der Waals surface area contributed by atoms with E-state index in [1.54, 1.807) is 25.3 Å². The van der Waals surface area contributed by atoms with Gasteiger partial charge in [0.25, 0.3) is 0 Å². The number of nitrogens with one attached hydrogen (secondary N) is 1. The summed E-state index contributed by atoms with van der Waals surface area (Å²) in [5.74, 6) is 0.501. The summed E-state index contributed by atoms with van der Waals surface area (Å²) in [5.41, 5.74) is 0.730. The van der Waals surface area contributed by atoms with Gasteiger partial charge in [0.15, 0.2) is 11.7 Å². The Balaban J connectivity index is 1.88. The third-order valence-electron chi connectivity index (χ3n) is 2.84. The Bertz CT molecular complexity index is 593. The highest BCUT2D eigenvalue weighted by Crippen LogP contribution is 2.21. The summed E-state index contributed by atoms with van der Waals surface area (Å²) < 4.78 is 18.4. The maximum atomic E-state index is 12.8. The smallest absolute Gasteiger partial charge is 0.220 e. The molecule has 0 aliphatic carbocycles. The highest BCUT2D eigenvalue weighted by molar-refractivity contribution is 5.76. The second-order valence-corrected chi connectivity index (χ2v) is 4.78. The topological polar surface area (TPSA) is 75.4 Å². The fraction of sp³-hybridized carbons (Fsp3) is 0.333. The summed E-state index contributed by atoms with van der Waals surface area (Å²) >= 11 is 0. The minimum atomic E-state index is -0.569. The summed E-state index contributed by atoms with van der Waals surface area (Å²) in [6.07, 6.45) is 1.58. The van der Waals surface area contributed by atoms with Gasteiger partial charge in [-0.15, -0.1) is 0 Å². The van der Waals surface area contributed by atoms with Crippen LogP contribution in [0.1, 0.15) is 19.2 Å². The maximum Gasteiger partial charge on any atom is 0.220 e. The Morgan fingerprint density at radius 1 is 1.43 bits per heavy atom. The Morgan fingerprint density at radius 2 is 2.14 bits per heavy atom. The van der Waals surface area contributed by atoms with Gasteiger partial charge in [-0.25, -0.2) is 9.37 Å². The summed E-state index contributed by atoms with van der Waals surface area (Å²) in [5, 5.41) is 11.7. The van der Waals surface area contributed by atoms with E-state index in [4.69, 9.17) is 9.52 Å². The number of oxazole rings is 1. The van der Waals surface area contributed by atoms with E-state index in [2.05, 4.69) is 10.3 Å². The number of aliphatic hydroxyl groups excluding tert-OH is 1. The monoisotopic (exact) mass is 292 g/mol. The molecule has 2 rings (SSSR count). The lowest BCUT2D eigenvalue weighted by Crippen LogP contribution is -2.30. The van der Waals surface area contributed by atoms with Gasteiger partial charge in [-0.2, -0.15) is 0 Å². The van der Waals surface area contributed by atoms with E-state index in [0.717, 1.165) is 5.56 Å². The fourth-order valence-electron chi connectivity index (χ4n) is 1.74. The van der Waals surface area contributed by atoms with Crippen LogP contribution in [0.15, 0.2) is 34.9 Å². The number of aliphatic hydroxyl groups is 1. The molecule has 0 saturated heterocycles. The van der Waals surface area contributed by atoms with E-state index in [1.165, 1.54) is 12.1 Å². The lowest BCUT2D eigenvalue weighted by molar-refractivity contribution is -0.121. The second-order valence-electron chi connectivity index (χ2n) is 4.78. The van der Waals surface area contributed by atoms with Crippen molar-refractivity contribution >= 4 is 5.91 Å². The van der Waals surface area contributed by atoms with Gasteiger partial charge in [-0.05, 0) is 31.2 Å². The van der Waals surface area contributed by atoms with Gasteiger partial charge in [0.1, 0.15) is 5.82 Å². The van der Waals surface area contributed by atoms with Gasteiger partial charge in [0.2, 0.25) is 5.91 Å². The number of halogens is 1. The molecule has 1 atom stereocenters. The maximum absolute atomic E-state index is 12.8. The number of rotatable bonds is 6. The zero-order chi connectivity index (χ0) is 15.2. The highest BCUT2D eigenvalue weighted by Gasteiger charge is 2.09. The molecule has 0 aliphatic rings. The van der Waals surface area contributed by atoms with Crippen molar-refractivity contribution in [2.75, 3.05) is 6.54 Å². The summed E-state index contributed by atoms with van der Waals surface area (Å²) in [6, 6.07) is 5.91. The summed E-state index contributed by atoms with van der Waals surface area (Å²) in [4.78, 5) is 15.6. The average Bonchev–Trinajstić information content (AvgIpc) is 2.92. The molecule has 1 aromatic carbocycles. The number of aromatic nitrogens is 1. The molecule has 1 aromatic heterocycles. The molecule has 2 N–H and O–H groups in total. The van der Waals surface area contributed by atoms with Crippen molar-refractivity contribution in [2.45, 2.75) is 25.9 Å². The molecular weight excluding hydrogens is 275 g/mol. The average molecular weight is 292 g/mol. The first-order valence-electron chi connectivity index (χ1n) is 6.70. The molecule has 21 heavy (non-hydrogen) atoms. The van der Waals surface area contributed by atoms with E-state index >= 15 is 0 Å². The number of amides is 1. The largest absolute Gasteiger partial charge is 0.441 e. The van der Waals surface area contributed by atoms with Crippen molar-refractivity contribution in [2.24, 2.45) is 0 Å². The van der Waals surface area contributed by atoms with Crippen LogP contribution in [0.2, 0.25) is 0 Å². The number of aryl methyl sites for hydroxylation is 1. The van der Waals surface area contributed by atoms with Crippen LogP contribution in [-0.2, 0) is 11.2 Å². The van der Waals surface area contributed by atoms with Crippen molar-refractivity contribution < 1.29 is 18.7 Å². The van der Waals surface area contributed by atoms with Gasteiger partial charge in [0.05, 0.1) is 12.3 Å². The minimum absolute atomic E-state index is 0.169. The molecule has 0 bridgehead atoms. The molecule has 0 fully saturated rings. The van der Waals surface area contributed by atoms with Crippen LogP contribution in [0.25, 0.3) is 11.3 Å². The molecule has 1 unspecified atom stereocenters. The zero-order valence-corrected chi connectivity index (χ0v) is 11.7. The fourth-order valence-corrected chi connectivity index (χ4v) is 1.74. The summed E-state index contributed by atoms with van der Waals surface area (Å²) in [7, 11) is 0. The summed E-state index contributed by atoms with van der Waals surface area (Å²) in [6.45, 7) is 1.83. The molecule has 2 aromatic rings. The molecule has 0 spiro atoms. The molecule has 0 saturated carbocycles. The van der Waals surface area contributed by atoms with Crippen LogP contribution in [0.4, 0.5) is 4.39 Å². The standard InChI is InChI=1S/C15H17FN2O3/c1-10(19)8-17-14(20)6-7-15-18-9-13(21-15)11-2-4-12(16)5-3-11/h2-5,9-10,19H,6-8H2,1H3,(H,17,20). The van der Waals surface area contributed by atoms with Crippen LogP contribution in [0.5, 0.6) is 0 Å². The SMILES string of the molecule is CC(O)CNC(=O)CCc1ncc(-c2ccc(F)cc2)o1. The van der Waals surface area contributed by atoms with Crippen LogP contribution >= 0.6 is 0 Å². The van der Waals surface area contributed by atoms with Crippen molar-refractivity contribution in [1.29, 1.82) is 0 Å². The Morgan fingerprint density at radius 3 is 2.81 bits per heavy atom. The third kappa shape index (κ3) is 4.68. The van der Waals surface area contributed by atoms with Crippen LogP contribution in [0, 0.1) is 5.82 Å². The molecule has 1 amide bonds. The minimum Gasteiger partial charge on any atom is -0.441 e. The number of carbonyl (C=O) groups is 1. The number of nitrogens with zero attached hydrogens (tertiary/aromatic N) is 1. The van der Waals surface area contributed by atoms with E-state index in [0.29, 0.717) is 18.1 Å². The Hall–Kier alpha value is -2.21. The normalized spacial score (nSPS) is 12.1. The predicted octanol–water partition coefficient (Wildman–Crippen LogP) is 1.91. The van der Waals surface area contributed by atoms with E-state index in [-0.39, 0.29) is 24.7 Å². The van der Waals surface area contributed by atoms with Crippen molar-refractivity contribution in [3.8, 4) is 11.3 Å². The number of hydrogen-bond acceptors (Lipinski definition) is 4. The van der Waals surface area contributed by atoms with Gasteiger partial charge < -0.3 is 14.8 Å². The van der Waals surface area contributed by atoms with Gasteiger partial charge >= 0.3 is 0 Å². The Kier molecular flexibility index (Phi) is 5.05. The van der Waals surface area contributed by atoms with Crippen LogP contribution in [-0.4, -0.2) is 28.6 Å².